The molecule has 0 fully saturated rings. The first-order valence-corrected chi connectivity index (χ1v) is 20.1. The highest BCUT2D eigenvalue weighted by molar-refractivity contribution is 6.67. The molecule has 0 spiro atoms. The SMILES string of the molecule is CCCCCCCCCCCCCCCCCC[Si](CCCCCCCCCCCCCCC)(OC)OC. The molecule has 230 valence electrons. The molecule has 0 aliphatic rings. The Balaban J connectivity index is 3.52. The number of hydrogen-bond donors (Lipinski definition) is 0. The van der Waals surface area contributed by atoms with Crippen molar-refractivity contribution < 1.29 is 8.85 Å². The molecule has 0 aliphatic heterocycles. The van der Waals surface area contributed by atoms with Crippen LogP contribution in [0.4, 0.5) is 0 Å². The second kappa shape index (κ2) is 31.7. The van der Waals surface area contributed by atoms with Crippen molar-refractivity contribution in [1.82, 2.24) is 0 Å². The van der Waals surface area contributed by atoms with E-state index in [0.717, 1.165) is 0 Å². The van der Waals surface area contributed by atoms with E-state index in [9.17, 15) is 0 Å². The van der Waals surface area contributed by atoms with Crippen molar-refractivity contribution in [2.75, 3.05) is 14.2 Å². The molecule has 0 heterocycles. The zero-order valence-electron chi connectivity index (χ0n) is 27.2. The fourth-order valence-corrected chi connectivity index (χ4v) is 8.78. The Labute approximate surface area is 243 Å². The Morgan fingerprint density at radius 1 is 0.289 bits per heavy atom. The van der Waals surface area contributed by atoms with Gasteiger partial charge in [0.25, 0.3) is 0 Å². The highest BCUT2D eigenvalue weighted by atomic mass is 28.4. The van der Waals surface area contributed by atoms with Crippen LogP contribution in [0.25, 0.3) is 0 Å². The molecule has 0 rings (SSSR count). The molecular formula is C35H74O2Si. The van der Waals surface area contributed by atoms with Gasteiger partial charge in [0, 0.05) is 14.2 Å². The molecule has 3 heteroatoms. The summed E-state index contributed by atoms with van der Waals surface area (Å²) in [5, 5.41) is 0. The summed E-state index contributed by atoms with van der Waals surface area (Å²) in [5.41, 5.74) is 0. The largest absolute Gasteiger partial charge is 0.398 e. The minimum Gasteiger partial charge on any atom is -0.398 e. The quantitative estimate of drug-likeness (QED) is 0.0593. The normalized spacial score (nSPS) is 12.0. The Morgan fingerprint density at radius 2 is 0.474 bits per heavy atom. The van der Waals surface area contributed by atoms with E-state index in [1.165, 1.54) is 198 Å². The van der Waals surface area contributed by atoms with E-state index in [1.807, 2.05) is 14.2 Å². The molecule has 0 bridgehead atoms. The van der Waals surface area contributed by atoms with Gasteiger partial charge in [0.15, 0.2) is 0 Å². The molecule has 0 saturated heterocycles. The number of unbranched alkanes of at least 4 members (excludes halogenated alkanes) is 27. The first-order valence-electron chi connectivity index (χ1n) is 17.8. The lowest BCUT2D eigenvalue weighted by Crippen LogP contribution is -2.39. The standard InChI is InChI=1S/C35H74O2Si/c1-5-7-9-11-13-15-17-19-20-21-23-25-27-29-31-33-35-38(36-3,37-4)34-32-30-28-26-24-22-18-16-14-12-10-8-6-2/h5-35H2,1-4H3. The van der Waals surface area contributed by atoms with Gasteiger partial charge in [-0.1, -0.05) is 200 Å². The number of rotatable bonds is 33. The summed E-state index contributed by atoms with van der Waals surface area (Å²) in [4.78, 5) is 0. The van der Waals surface area contributed by atoms with Crippen LogP contribution in [0.15, 0.2) is 0 Å². The molecule has 0 aromatic rings. The minimum atomic E-state index is -1.95. The molecule has 0 aromatic carbocycles. The smallest absolute Gasteiger partial charge is 0.337 e. The van der Waals surface area contributed by atoms with E-state index >= 15 is 0 Å². The highest BCUT2D eigenvalue weighted by Crippen LogP contribution is 2.25. The third kappa shape index (κ3) is 26.4. The van der Waals surface area contributed by atoms with Crippen LogP contribution >= 0.6 is 0 Å². The van der Waals surface area contributed by atoms with E-state index in [1.54, 1.807) is 0 Å². The monoisotopic (exact) mass is 555 g/mol. The summed E-state index contributed by atoms with van der Waals surface area (Å²) in [6, 6.07) is 2.38. The summed E-state index contributed by atoms with van der Waals surface area (Å²) in [6.45, 7) is 4.60. The first-order chi connectivity index (χ1) is 18.7. The maximum absolute atomic E-state index is 6.04. The zero-order chi connectivity index (χ0) is 27.8. The fraction of sp³-hybridized carbons (Fsp3) is 1.00. The van der Waals surface area contributed by atoms with Gasteiger partial charge >= 0.3 is 8.56 Å². The molecule has 0 N–H and O–H groups in total. The maximum atomic E-state index is 6.04. The van der Waals surface area contributed by atoms with Gasteiger partial charge in [0.05, 0.1) is 0 Å². The van der Waals surface area contributed by atoms with Crippen molar-refractivity contribution >= 4 is 8.56 Å². The Morgan fingerprint density at radius 3 is 0.658 bits per heavy atom. The molecule has 0 atom stereocenters. The summed E-state index contributed by atoms with van der Waals surface area (Å²) < 4.78 is 12.1. The van der Waals surface area contributed by atoms with Crippen LogP contribution in [0.5, 0.6) is 0 Å². The predicted octanol–water partition coefficient (Wildman–Crippen LogP) is 13.1. The summed E-state index contributed by atoms with van der Waals surface area (Å²) in [5.74, 6) is 0. The lowest BCUT2D eigenvalue weighted by Gasteiger charge is -2.27. The molecule has 38 heavy (non-hydrogen) atoms. The molecule has 2 nitrogen and oxygen atoms in total. The molecular weight excluding hydrogens is 480 g/mol. The Hall–Kier alpha value is 0.137. The zero-order valence-corrected chi connectivity index (χ0v) is 28.2. The summed E-state index contributed by atoms with van der Waals surface area (Å²) in [6.07, 6.45) is 41.3. The molecule has 0 aromatic heterocycles. The average molecular weight is 555 g/mol. The third-order valence-electron chi connectivity index (χ3n) is 8.82. The fourth-order valence-electron chi connectivity index (χ4n) is 5.97. The van der Waals surface area contributed by atoms with Gasteiger partial charge in [0.1, 0.15) is 0 Å². The molecule has 0 saturated carbocycles. The maximum Gasteiger partial charge on any atom is 0.337 e. The second-order valence-corrected chi connectivity index (χ2v) is 16.0. The molecule has 0 aliphatic carbocycles. The highest BCUT2D eigenvalue weighted by Gasteiger charge is 2.33. The van der Waals surface area contributed by atoms with Crippen molar-refractivity contribution in [1.29, 1.82) is 0 Å². The van der Waals surface area contributed by atoms with Crippen molar-refractivity contribution in [2.45, 2.75) is 212 Å². The Kier molecular flexibility index (Phi) is 31.8. The first kappa shape index (κ1) is 38.1. The third-order valence-corrected chi connectivity index (χ3v) is 12.5. The van der Waals surface area contributed by atoms with Gasteiger partial charge in [-0.25, -0.2) is 0 Å². The lowest BCUT2D eigenvalue weighted by atomic mass is 10.0. The van der Waals surface area contributed by atoms with Crippen LogP contribution < -0.4 is 0 Å². The van der Waals surface area contributed by atoms with Crippen molar-refractivity contribution in [3.05, 3.63) is 0 Å². The van der Waals surface area contributed by atoms with Crippen molar-refractivity contribution in [2.24, 2.45) is 0 Å². The van der Waals surface area contributed by atoms with Crippen LogP contribution in [-0.4, -0.2) is 22.8 Å². The van der Waals surface area contributed by atoms with Gasteiger partial charge < -0.3 is 8.85 Å². The van der Waals surface area contributed by atoms with Crippen LogP contribution in [0.1, 0.15) is 200 Å². The second-order valence-electron chi connectivity index (χ2n) is 12.4. The van der Waals surface area contributed by atoms with Gasteiger partial charge in [0.2, 0.25) is 0 Å². The Bertz CT molecular complexity index is 424. The van der Waals surface area contributed by atoms with Gasteiger partial charge in [-0.15, -0.1) is 0 Å². The van der Waals surface area contributed by atoms with Crippen molar-refractivity contribution in [3.8, 4) is 0 Å². The molecule has 0 unspecified atom stereocenters. The van der Waals surface area contributed by atoms with Crippen LogP contribution in [0, 0.1) is 0 Å². The van der Waals surface area contributed by atoms with Gasteiger partial charge in [-0.3, -0.25) is 0 Å². The topological polar surface area (TPSA) is 18.5 Å². The number of hydrogen-bond acceptors (Lipinski definition) is 2. The lowest BCUT2D eigenvalue weighted by molar-refractivity contribution is 0.238. The van der Waals surface area contributed by atoms with E-state index < -0.39 is 8.56 Å². The minimum absolute atomic E-state index is 1.19. The van der Waals surface area contributed by atoms with E-state index in [2.05, 4.69) is 13.8 Å². The summed E-state index contributed by atoms with van der Waals surface area (Å²) in [7, 11) is 1.86. The van der Waals surface area contributed by atoms with E-state index in [4.69, 9.17) is 8.85 Å². The van der Waals surface area contributed by atoms with E-state index in [0.29, 0.717) is 0 Å². The van der Waals surface area contributed by atoms with Crippen LogP contribution in [0.2, 0.25) is 12.1 Å². The average Bonchev–Trinajstić information content (AvgIpc) is 2.94. The van der Waals surface area contributed by atoms with Gasteiger partial charge in [-0.2, -0.15) is 0 Å². The summed E-state index contributed by atoms with van der Waals surface area (Å²) >= 11 is 0. The predicted molar refractivity (Wildman–Crippen MR) is 175 cm³/mol. The van der Waals surface area contributed by atoms with Crippen LogP contribution in [0.3, 0.4) is 0 Å². The van der Waals surface area contributed by atoms with E-state index in [-0.39, 0.29) is 0 Å². The molecule has 0 amide bonds. The van der Waals surface area contributed by atoms with Crippen molar-refractivity contribution in [3.63, 3.8) is 0 Å². The van der Waals surface area contributed by atoms with Gasteiger partial charge in [-0.05, 0) is 12.1 Å². The molecule has 0 radical (unpaired) electrons. The van der Waals surface area contributed by atoms with Crippen LogP contribution in [-0.2, 0) is 8.85 Å².